The van der Waals surface area contributed by atoms with Gasteiger partial charge in [0.1, 0.15) is 16.1 Å². The molecule has 4 nitrogen and oxygen atoms in total. The van der Waals surface area contributed by atoms with Crippen LogP contribution < -0.4 is 0 Å². The number of halogens is 3. The lowest BCUT2D eigenvalue weighted by Crippen LogP contribution is -2.12. The Morgan fingerprint density at radius 1 is 1.19 bits per heavy atom. The highest BCUT2D eigenvalue weighted by Crippen LogP contribution is 2.31. The van der Waals surface area contributed by atoms with Gasteiger partial charge in [0.2, 0.25) is 0 Å². The van der Waals surface area contributed by atoms with Crippen LogP contribution in [0.1, 0.15) is 47.0 Å². The molecule has 3 heterocycles. The summed E-state index contributed by atoms with van der Waals surface area (Å²) in [6.45, 7) is 5.95. The van der Waals surface area contributed by atoms with E-state index in [1.165, 1.54) is 17.5 Å². The molecule has 3 aromatic heterocycles. The highest BCUT2D eigenvalue weighted by Gasteiger charge is 2.31. The van der Waals surface area contributed by atoms with Gasteiger partial charge in [0, 0.05) is 31.4 Å². The number of alkyl halides is 3. The van der Waals surface area contributed by atoms with Crippen LogP contribution in [0.5, 0.6) is 0 Å². The largest absolute Gasteiger partial charge is 0.417 e. The molecule has 0 aliphatic rings. The summed E-state index contributed by atoms with van der Waals surface area (Å²) in [5.74, 6) is -0.0406. The summed E-state index contributed by atoms with van der Waals surface area (Å²) >= 11 is 1.50. The van der Waals surface area contributed by atoms with E-state index in [1.54, 1.807) is 6.20 Å². The van der Waals surface area contributed by atoms with Gasteiger partial charge in [-0.2, -0.15) is 13.2 Å². The minimum Gasteiger partial charge on any atom is -0.299 e. The Morgan fingerprint density at radius 2 is 1.93 bits per heavy atom. The summed E-state index contributed by atoms with van der Waals surface area (Å²) in [6.07, 6.45) is -0.757. The van der Waals surface area contributed by atoms with Crippen LogP contribution in [0, 0.1) is 6.92 Å². The number of aryl methyl sites for hydroxylation is 1. The molecule has 0 spiro atoms. The fourth-order valence-corrected chi connectivity index (χ4v) is 3.84. The van der Waals surface area contributed by atoms with Gasteiger partial charge in [0.05, 0.1) is 10.6 Å². The quantitative estimate of drug-likeness (QED) is 0.619. The van der Waals surface area contributed by atoms with Gasteiger partial charge in [0.25, 0.3) is 0 Å². The van der Waals surface area contributed by atoms with Gasteiger partial charge >= 0.3 is 6.18 Å². The molecule has 0 atom stereocenters. The SMILES string of the molecule is Cc1nc2c(C(C)C)c(CC(=O)Cc3cncc(C(F)(F)F)c3)cnc2s1. The average Bonchev–Trinajstić information content (AvgIpc) is 2.93. The molecule has 0 radical (unpaired) electrons. The first-order chi connectivity index (χ1) is 12.6. The maximum atomic E-state index is 12.8. The first-order valence-corrected chi connectivity index (χ1v) is 9.24. The second-order valence-corrected chi connectivity index (χ2v) is 7.89. The number of fused-ring (bicyclic) bond motifs is 1. The number of carbonyl (C=O) groups is 1. The summed E-state index contributed by atoms with van der Waals surface area (Å²) in [5, 5.41) is 0.901. The Balaban J connectivity index is 1.85. The number of thiazole rings is 1. The van der Waals surface area contributed by atoms with E-state index in [1.807, 2.05) is 20.8 Å². The predicted molar refractivity (Wildman–Crippen MR) is 97.9 cm³/mol. The number of Topliss-reactive ketones (excluding diaryl/α,β-unsaturated/α-hetero) is 1. The highest BCUT2D eigenvalue weighted by molar-refractivity contribution is 7.18. The Kier molecular flexibility index (Phi) is 5.28. The maximum Gasteiger partial charge on any atom is 0.417 e. The number of pyridine rings is 2. The minimum absolute atomic E-state index is 0.100. The van der Waals surface area contributed by atoms with Crippen LogP contribution in [0.2, 0.25) is 0 Å². The molecule has 8 heteroatoms. The molecule has 0 aliphatic heterocycles. The number of hydrogen-bond donors (Lipinski definition) is 0. The Bertz CT molecular complexity index is 996. The van der Waals surface area contributed by atoms with Crippen molar-refractivity contribution in [3.05, 3.63) is 51.9 Å². The minimum atomic E-state index is -4.48. The molecule has 0 fully saturated rings. The molecule has 0 bridgehead atoms. The molecule has 142 valence electrons. The standard InChI is InChI=1S/C19H18F3N3OS/c1-10(2)16-13(8-24-18-17(16)25-11(3)27-18)6-15(26)5-12-4-14(9-23-7-12)19(20,21)22/h4,7-10H,5-6H2,1-3H3. The lowest BCUT2D eigenvalue weighted by molar-refractivity contribution is -0.138. The number of aromatic nitrogens is 3. The first kappa shape index (κ1) is 19.4. The third-order valence-electron chi connectivity index (χ3n) is 4.14. The Morgan fingerprint density at radius 3 is 2.59 bits per heavy atom. The van der Waals surface area contributed by atoms with E-state index in [0.717, 1.165) is 38.7 Å². The summed E-state index contributed by atoms with van der Waals surface area (Å²) in [6, 6.07) is 0.972. The van der Waals surface area contributed by atoms with Crippen molar-refractivity contribution in [1.29, 1.82) is 0 Å². The lowest BCUT2D eigenvalue weighted by Gasteiger charge is -2.13. The number of hydrogen-bond acceptors (Lipinski definition) is 5. The zero-order chi connectivity index (χ0) is 19.8. The van der Waals surface area contributed by atoms with E-state index in [4.69, 9.17) is 0 Å². The van der Waals surface area contributed by atoms with Gasteiger partial charge in [-0.3, -0.25) is 9.78 Å². The number of carbonyl (C=O) groups excluding carboxylic acids is 1. The van der Waals surface area contributed by atoms with E-state index in [9.17, 15) is 18.0 Å². The summed E-state index contributed by atoms with van der Waals surface area (Å²) in [7, 11) is 0. The van der Waals surface area contributed by atoms with E-state index < -0.39 is 11.7 Å². The van der Waals surface area contributed by atoms with Crippen LogP contribution in [-0.2, 0) is 23.8 Å². The summed E-state index contributed by atoms with van der Waals surface area (Å²) in [4.78, 5) is 25.9. The van der Waals surface area contributed by atoms with Crippen LogP contribution in [0.25, 0.3) is 10.3 Å². The fraction of sp³-hybridized carbons (Fsp3) is 0.368. The molecule has 0 amide bonds. The summed E-state index contributed by atoms with van der Waals surface area (Å²) < 4.78 is 38.4. The van der Waals surface area contributed by atoms with E-state index in [0.29, 0.717) is 0 Å². The van der Waals surface area contributed by atoms with Crippen LogP contribution in [0.3, 0.4) is 0 Å². The van der Waals surface area contributed by atoms with Crippen molar-refractivity contribution in [1.82, 2.24) is 15.0 Å². The third kappa shape index (κ3) is 4.32. The van der Waals surface area contributed by atoms with Gasteiger partial charge in [-0.25, -0.2) is 9.97 Å². The Labute approximate surface area is 158 Å². The molecule has 0 saturated heterocycles. The van der Waals surface area contributed by atoms with Crippen LogP contribution in [0.4, 0.5) is 13.2 Å². The second-order valence-electron chi connectivity index (χ2n) is 6.71. The Hall–Kier alpha value is -2.35. The third-order valence-corrected chi connectivity index (χ3v) is 5.02. The van der Waals surface area contributed by atoms with Gasteiger partial charge in [-0.05, 0) is 35.6 Å². The van der Waals surface area contributed by atoms with Crippen molar-refractivity contribution >= 4 is 27.5 Å². The normalized spacial score (nSPS) is 12.1. The van der Waals surface area contributed by atoms with E-state index in [-0.39, 0.29) is 30.1 Å². The topological polar surface area (TPSA) is 55.7 Å². The molecular weight excluding hydrogens is 375 g/mol. The molecular formula is C19H18F3N3OS. The van der Waals surface area contributed by atoms with Crippen molar-refractivity contribution in [2.75, 3.05) is 0 Å². The predicted octanol–water partition coefficient (Wildman–Crippen LogP) is 4.89. The number of ketones is 1. The van der Waals surface area contributed by atoms with Gasteiger partial charge in [-0.1, -0.05) is 25.2 Å². The molecule has 0 aromatic carbocycles. The van der Waals surface area contributed by atoms with Crippen molar-refractivity contribution in [3.8, 4) is 0 Å². The fourth-order valence-electron chi connectivity index (χ4n) is 3.06. The van der Waals surface area contributed by atoms with Crippen molar-refractivity contribution < 1.29 is 18.0 Å². The average molecular weight is 393 g/mol. The first-order valence-electron chi connectivity index (χ1n) is 8.43. The van der Waals surface area contributed by atoms with Crippen molar-refractivity contribution in [2.45, 2.75) is 45.7 Å². The maximum absolute atomic E-state index is 12.8. The van der Waals surface area contributed by atoms with E-state index in [2.05, 4.69) is 15.0 Å². The molecule has 0 aliphatic carbocycles. The molecule has 0 N–H and O–H groups in total. The van der Waals surface area contributed by atoms with Gasteiger partial charge in [-0.15, -0.1) is 0 Å². The van der Waals surface area contributed by atoms with Crippen molar-refractivity contribution in [2.24, 2.45) is 0 Å². The van der Waals surface area contributed by atoms with Crippen LogP contribution in [0.15, 0.2) is 24.7 Å². The molecule has 27 heavy (non-hydrogen) atoms. The smallest absolute Gasteiger partial charge is 0.299 e. The molecule has 3 rings (SSSR count). The number of nitrogens with zero attached hydrogens (tertiary/aromatic N) is 3. The van der Waals surface area contributed by atoms with Gasteiger partial charge < -0.3 is 0 Å². The van der Waals surface area contributed by atoms with Gasteiger partial charge in [0.15, 0.2) is 0 Å². The highest BCUT2D eigenvalue weighted by atomic mass is 32.1. The zero-order valence-electron chi connectivity index (χ0n) is 15.1. The second kappa shape index (κ2) is 7.34. The van der Waals surface area contributed by atoms with Crippen LogP contribution >= 0.6 is 11.3 Å². The van der Waals surface area contributed by atoms with Crippen molar-refractivity contribution in [3.63, 3.8) is 0 Å². The summed E-state index contributed by atoms with van der Waals surface area (Å²) in [5.41, 5.74) is 1.95. The number of rotatable bonds is 5. The lowest BCUT2D eigenvalue weighted by atomic mass is 9.94. The molecule has 3 aromatic rings. The molecule has 0 unspecified atom stereocenters. The van der Waals surface area contributed by atoms with E-state index >= 15 is 0 Å². The zero-order valence-corrected chi connectivity index (χ0v) is 15.9. The van der Waals surface area contributed by atoms with Crippen LogP contribution in [-0.4, -0.2) is 20.7 Å². The molecule has 0 saturated carbocycles. The monoisotopic (exact) mass is 393 g/mol.